The van der Waals surface area contributed by atoms with E-state index in [-0.39, 0.29) is 17.4 Å². The summed E-state index contributed by atoms with van der Waals surface area (Å²) in [4.78, 5) is 12.0. The van der Waals surface area contributed by atoms with Crippen LogP contribution in [-0.2, 0) is 10.5 Å². The molecule has 0 spiro atoms. The summed E-state index contributed by atoms with van der Waals surface area (Å²) in [5.74, 6) is 0.778. The molecule has 1 amide bonds. The van der Waals surface area contributed by atoms with Crippen molar-refractivity contribution in [3.63, 3.8) is 0 Å². The Labute approximate surface area is 196 Å². The molecule has 0 atom stereocenters. The monoisotopic (exact) mass is 572 g/mol. The molecule has 0 aliphatic heterocycles. The molecular weight excluding hydrogens is 560 g/mol. The number of nitrogens with zero attached hydrogens (tertiary/aromatic N) is 3. The maximum absolute atomic E-state index is 12.0. The highest BCUT2D eigenvalue weighted by molar-refractivity contribution is 9.11. The molecule has 0 saturated carbocycles. The first-order valence-corrected chi connectivity index (χ1v) is 12.5. The number of halogens is 2. The Bertz CT molecular complexity index is 1020. The van der Waals surface area contributed by atoms with E-state index < -0.39 is 0 Å². The van der Waals surface area contributed by atoms with Gasteiger partial charge in [-0.3, -0.25) is 4.79 Å². The molecular formula is C18H14Br2N4O2S3. The lowest BCUT2D eigenvalue weighted by Crippen LogP contribution is -2.19. The minimum atomic E-state index is -0.270. The summed E-state index contributed by atoms with van der Waals surface area (Å²) in [5.41, 5.74) is 4.14. The SMILES string of the molecule is O=C(CSc1nnc(SCc2ccccc2)s1)N/N=C\c1cc(Br)cc(Br)c1O. The standard InChI is InChI=1S/C18H14Br2N4O2S3/c19-13-6-12(16(26)14(20)7-13)8-21-22-15(25)10-28-18-24-23-17(29-18)27-9-11-4-2-1-3-5-11/h1-8,26H,9-10H2,(H,22,25)/b21-8-. The lowest BCUT2D eigenvalue weighted by Gasteiger charge is -2.03. The van der Waals surface area contributed by atoms with E-state index in [1.807, 2.05) is 18.2 Å². The lowest BCUT2D eigenvalue weighted by molar-refractivity contribution is -0.118. The molecule has 1 aromatic heterocycles. The second kappa shape index (κ2) is 11.1. The molecule has 6 nitrogen and oxygen atoms in total. The minimum absolute atomic E-state index is 0.0509. The van der Waals surface area contributed by atoms with Gasteiger partial charge in [0.2, 0.25) is 0 Å². The normalized spacial score (nSPS) is 11.1. The largest absolute Gasteiger partial charge is 0.506 e. The first-order chi connectivity index (χ1) is 14.0. The van der Waals surface area contributed by atoms with Crippen molar-refractivity contribution in [2.45, 2.75) is 14.4 Å². The molecule has 0 radical (unpaired) electrons. The summed E-state index contributed by atoms with van der Waals surface area (Å²) in [5, 5.41) is 22.1. The number of hydrogen-bond donors (Lipinski definition) is 2. The molecule has 0 unspecified atom stereocenters. The summed E-state index contributed by atoms with van der Waals surface area (Å²) in [6.45, 7) is 0. The summed E-state index contributed by atoms with van der Waals surface area (Å²) in [7, 11) is 0. The van der Waals surface area contributed by atoms with Crippen LogP contribution in [0.2, 0.25) is 0 Å². The van der Waals surface area contributed by atoms with Gasteiger partial charge in [-0.25, -0.2) is 5.43 Å². The number of hydrazone groups is 1. The average Bonchev–Trinajstić information content (AvgIpc) is 3.17. The summed E-state index contributed by atoms with van der Waals surface area (Å²) >= 11 is 11.0. The quantitative estimate of drug-likeness (QED) is 0.216. The van der Waals surface area contributed by atoms with E-state index in [4.69, 9.17) is 0 Å². The van der Waals surface area contributed by atoms with Crippen molar-refractivity contribution in [1.29, 1.82) is 0 Å². The van der Waals surface area contributed by atoms with Gasteiger partial charge in [-0.1, -0.05) is 81.1 Å². The number of rotatable bonds is 8. The van der Waals surface area contributed by atoms with Crippen molar-refractivity contribution in [1.82, 2.24) is 15.6 Å². The van der Waals surface area contributed by atoms with Gasteiger partial charge in [-0.15, -0.1) is 10.2 Å². The maximum atomic E-state index is 12.0. The highest BCUT2D eigenvalue weighted by Gasteiger charge is 2.09. The molecule has 29 heavy (non-hydrogen) atoms. The lowest BCUT2D eigenvalue weighted by atomic mass is 10.2. The predicted octanol–water partition coefficient (Wildman–Crippen LogP) is 5.30. The number of phenolic OH excluding ortho intramolecular Hbond substituents is 1. The van der Waals surface area contributed by atoms with Crippen molar-refractivity contribution in [3.8, 4) is 5.75 Å². The third kappa shape index (κ3) is 7.10. The fourth-order valence-electron chi connectivity index (χ4n) is 2.05. The van der Waals surface area contributed by atoms with E-state index in [0.717, 1.165) is 18.9 Å². The number of nitrogens with one attached hydrogen (secondary N) is 1. The van der Waals surface area contributed by atoms with Gasteiger partial charge in [0.15, 0.2) is 8.68 Å². The Hall–Kier alpha value is -1.40. The van der Waals surface area contributed by atoms with Gasteiger partial charge in [0, 0.05) is 15.8 Å². The molecule has 3 aromatic rings. The molecule has 1 heterocycles. The fourth-order valence-corrected chi connectivity index (χ4v) is 6.08. The number of hydrogen-bond acceptors (Lipinski definition) is 8. The number of phenols is 1. The summed E-state index contributed by atoms with van der Waals surface area (Å²) in [6, 6.07) is 13.6. The van der Waals surface area contributed by atoms with E-state index >= 15 is 0 Å². The van der Waals surface area contributed by atoms with E-state index in [0.29, 0.717) is 10.0 Å². The van der Waals surface area contributed by atoms with Crippen LogP contribution in [0.3, 0.4) is 0 Å². The summed E-state index contributed by atoms with van der Waals surface area (Å²) < 4.78 is 2.91. The molecule has 3 rings (SSSR count). The van der Waals surface area contributed by atoms with Crippen LogP contribution < -0.4 is 5.43 Å². The minimum Gasteiger partial charge on any atom is -0.506 e. The Morgan fingerprint density at radius 2 is 1.90 bits per heavy atom. The number of aromatic nitrogens is 2. The molecule has 0 bridgehead atoms. The van der Waals surface area contributed by atoms with E-state index in [1.165, 1.54) is 34.9 Å². The number of aromatic hydroxyl groups is 1. The Kier molecular flexibility index (Phi) is 8.54. The fraction of sp³-hybridized carbons (Fsp3) is 0.111. The van der Waals surface area contributed by atoms with Crippen LogP contribution in [-0.4, -0.2) is 33.2 Å². The molecule has 2 aromatic carbocycles. The van der Waals surface area contributed by atoms with Gasteiger partial charge < -0.3 is 5.11 Å². The molecule has 150 valence electrons. The third-order valence-corrected chi connectivity index (χ3v) is 7.69. The van der Waals surface area contributed by atoms with Gasteiger partial charge in [0.25, 0.3) is 5.91 Å². The van der Waals surface area contributed by atoms with Crippen molar-refractivity contribution in [3.05, 3.63) is 62.5 Å². The van der Waals surface area contributed by atoms with Crippen LogP contribution in [0.4, 0.5) is 0 Å². The zero-order valence-corrected chi connectivity index (χ0v) is 20.3. The first kappa shape index (κ1) is 22.3. The zero-order chi connectivity index (χ0) is 20.6. The maximum Gasteiger partial charge on any atom is 0.250 e. The molecule has 0 fully saturated rings. The van der Waals surface area contributed by atoms with Crippen molar-refractivity contribution in [2.24, 2.45) is 5.10 Å². The van der Waals surface area contributed by atoms with Gasteiger partial charge in [-0.05, 0) is 33.6 Å². The highest BCUT2D eigenvalue weighted by Crippen LogP contribution is 2.31. The number of amides is 1. The number of carbonyl (C=O) groups excluding carboxylic acids is 1. The Morgan fingerprint density at radius 1 is 1.17 bits per heavy atom. The predicted molar refractivity (Wildman–Crippen MR) is 126 cm³/mol. The second-order valence-corrected chi connectivity index (χ2v) is 10.7. The van der Waals surface area contributed by atoms with Crippen LogP contribution in [0, 0.1) is 0 Å². The van der Waals surface area contributed by atoms with Crippen molar-refractivity contribution < 1.29 is 9.90 Å². The third-order valence-electron chi connectivity index (χ3n) is 3.37. The zero-order valence-electron chi connectivity index (χ0n) is 14.7. The first-order valence-electron chi connectivity index (χ1n) is 8.14. The molecule has 2 N–H and O–H groups in total. The van der Waals surface area contributed by atoms with Crippen LogP contribution in [0.1, 0.15) is 11.1 Å². The van der Waals surface area contributed by atoms with Crippen LogP contribution in [0.5, 0.6) is 5.75 Å². The molecule has 11 heteroatoms. The van der Waals surface area contributed by atoms with Crippen molar-refractivity contribution >= 4 is 78.8 Å². The van der Waals surface area contributed by atoms with Gasteiger partial charge in [-0.2, -0.15) is 5.10 Å². The Balaban J connectivity index is 1.44. The average molecular weight is 574 g/mol. The van der Waals surface area contributed by atoms with E-state index in [1.54, 1.807) is 23.9 Å². The van der Waals surface area contributed by atoms with Crippen molar-refractivity contribution in [2.75, 3.05) is 5.75 Å². The van der Waals surface area contributed by atoms with Gasteiger partial charge in [0.05, 0.1) is 16.4 Å². The van der Waals surface area contributed by atoms with Gasteiger partial charge in [0.1, 0.15) is 5.75 Å². The van der Waals surface area contributed by atoms with Crippen LogP contribution in [0.25, 0.3) is 0 Å². The number of benzene rings is 2. The molecule has 0 saturated heterocycles. The molecule has 0 aliphatic rings. The van der Waals surface area contributed by atoms with E-state index in [2.05, 4.69) is 64.7 Å². The Morgan fingerprint density at radius 3 is 2.66 bits per heavy atom. The highest BCUT2D eigenvalue weighted by atomic mass is 79.9. The molecule has 0 aliphatic carbocycles. The number of carbonyl (C=O) groups is 1. The van der Waals surface area contributed by atoms with Crippen LogP contribution >= 0.6 is 66.7 Å². The van der Waals surface area contributed by atoms with Crippen LogP contribution in [0.15, 0.2) is 65.2 Å². The smallest absolute Gasteiger partial charge is 0.250 e. The summed E-state index contributed by atoms with van der Waals surface area (Å²) in [6.07, 6.45) is 1.39. The topological polar surface area (TPSA) is 87.5 Å². The van der Waals surface area contributed by atoms with E-state index in [9.17, 15) is 9.90 Å². The second-order valence-electron chi connectivity index (χ2n) is 5.52. The van der Waals surface area contributed by atoms with Gasteiger partial charge >= 0.3 is 0 Å². The number of thioether (sulfide) groups is 2.